The fourth-order valence-corrected chi connectivity index (χ4v) is 18.9. The van der Waals surface area contributed by atoms with Crippen molar-refractivity contribution in [1.29, 1.82) is 0 Å². The Morgan fingerprint density at radius 3 is 0.867 bits per heavy atom. The van der Waals surface area contributed by atoms with E-state index in [9.17, 15) is 0 Å². The topological polar surface area (TPSA) is 0 Å². The maximum absolute atomic E-state index is 8.09. The molecule has 0 aromatic heterocycles. The summed E-state index contributed by atoms with van der Waals surface area (Å²) in [4.78, 5) is 0. The third-order valence-corrected chi connectivity index (χ3v) is 20.0. The van der Waals surface area contributed by atoms with E-state index in [0.717, 1.165) is 20.7 Å². The van der Waals surface area contributed by atoms with E-state index in [4.69, 9.17) is 2.74 Å². The summed E-state index contributed by atoms with van der Waals surface area (Å²) in [5, 5.41) is 4.47. The van der Waals surface area contributed by atoms with E-state index < -0.39 is 15.2 Å². The van der Waals surface area contributed by atoms with Gasteiger partial charge in [0.05, 0.1) is 0 Å². The van der Waals surface area contributed by atoms with Crippen LogP contribution < -0.4 is 20.7 Å². The van der Waals surface area contributed by atoms with Crippen LogP contribution in [-0.2, 0) is 0 Å². The van der Waals surface area contributed by atoms with E-state index in [1.165, 1.54) is 0 Å². The predicted molar refractivity (Wildman–Crippen MR) is 133 cm³/mol. The average Bonchev–Trinajstić information content (AvgIpc) is 2.88. The van der Waals surface area contributed by atoms with Crippen LogP contribution in [0, 0.1) is 23.9 Å². The third-order valence-electron chi connectivity index (χ3n) is 5.76. The van der Waals surface area contributed by atoms with E-state index in [-0.39, 0.29) is 0 Å². The molecule has 0 aliphatic heterocycles. The summed E-state index contributed by atoms with van der Waals surface area (Å²) in [6, 6.07) is 41.3. The molecule has 0 nitrogen and oxygen atoms in total. The fourth-order valence-electron chi connectivity index (χ4n) is 4.43. The number of hydrogen-bond acceptors (Lipinski definition) is 0. The Labute approximate surface area is 183 Å². The average molecular weight is 417 g/mol. The van der Waals surface area contributed by atoms with Crippen LogP contribution in [0.15, 0.2) is 121 Å². The highest BCUT2D eigenvalue weighted by Gasteiger charge is 2.59. The van der Waals surface area contributed by atoms with Gasteiger partial charge in [-0.05, 0) is 20.7 Å². The summed E-state index contributed by atoms with van der Waals surface area (Å²) in [6.07, 6.45) is 5.15. The lowest BCUT2D eigenvalue weighted by molar-refractivity contribution is 1.70. The maximum atomic E-state index is 8.09. The van der Waals surface area contributed by atoms with Gasteiger partial charge in [-0.2, -0.15) is 0 Å². The monoisotopic (exact) mass is 416 g/mol. The molecular formula is C28H22Si2. The molecular weight excluding hydrogens is 392 g/mol. The van der Waals surface area contributed by atoms with Crippen LogP contribution in [0.5, 0.6) is 0 Å². The standard InChI is InChI=1S/C28H22Si2/c1-3-29(25-17-9-5-10-18-25,26-19-11-6-12-20-26)30(4-2,27-21-13-7-14-22-27)28-23-15-8-16-24-28/h1-2,5-24H/i1D,2D. The van der Waals surface area contributed by atoms with Gasteiger partial charge in [-0.1, -0.05) is 121 Å². The summed E-state index contributed by atoms with van der Waals surface area (Å²) >= 11 is 0. The van der Waals surface area contributed by atoms with Crippen LogP contribution in [0.25, 0.3) is 0 Å². The van der Waals surface area contributed by atoms with Crippen LogP contribution in [0.2, 0.25) is 0 Å². The largest absolute Gasteiger partial charge is 0.212 e. The molecule has 0 N–H and O–H groups in total. The Kier molecular flexibility index (Phi) is 4.86. The zero-order chi connectivity index (χ0) is 22.3. The van der Waals surface area contributed by atoms with Gasteiger partial charge in [-0.25, -0.2) is 0 Å². The summed E-state index contributed by atoms with van der Waals surface area (Å²) in [6.45, 7) is 0. The van der Waals surface area contributed by atoms with Crippen LogP contribution in [-0.4, -0.2) is 15.2 Å². The van der Waals surface area contributed by atoms with Crippen molar-refractivity contribution >= 4 is 35.9 Å². The summed E-state index contributed by atoms with van der Waals surface area (Å²) in [5.74, 6) is 0. The van der Waals surface area contributed by atoms with Crippen molar-refractivity contribution in [3.63, 3.8) is 0 Å². The van der Waals surface area contributed by atoms with Gasteiger partial charge < -0.3 is 0 Å². The molecule has 0 heterocycles. The first-order valence-electron chi connectivity index (χ1n) is 10.9. The molecule has 0 amide bonds. The van der Waals surface area contributed by atoms with Crippen LogP contribution in [0.1, 0.15) is 2.74 Å². The van der Waals surface area contributed by atoms with Crippen molar-refractivity contribution < 1.29 is 2.74 Å². The molecule has 0 spiro atoms. The Morgan fingerprint density at radius 1 is 0.433 bits per heavy atom. The lowest BCUT2D eigenvalue weighted by atomic mass is 10.4. The van der Waals surface area contributed by atoms with Crippen molar-refractivity contribution in [1.82, 2.24) is 0 Å². The Balaban J connectivity index is 2.28. The predicted octanol–water partition coefficient (Wildman–Crippen LogP) is 2.94. The number of terminal acetylenes is 2. The highest BCUT2D eigenvalue weighted by molar-refractivity contribution is 7.64. The first-order chi connectivity index (χ1) is 15.8. The van der Waals surface area contributed by atoms with Crippen LogP contribution in [0.3, 0.4) is 0 Å². The second-order valence-corrected chi connectivity index (χ2v) is 17.5. The van der Waals surface area contributed by atoms with Gasteiger partial charge in [-0.15, -0.1) is 23.9 Å². The van der Waals surface area contributed by atoms with E-state index in [1.807, 2.05) is 72.8 Å². The molecule has 0 atom stereocenters. The van der Waals surface area contributed by atoms with Crippen LogP contribution in [0.4, 0.5) is 0 Å². The molecule has 0 unspecified atom stereocenters. The minimum Gasteiger partial charge on any atom is -0.127 e. The molecule has 0 saturated carbocycles. The molecule has 0 fully saturated rings. The Bertz CT molecular complexity index is 1100. The summed E-state index contributed by atoms with van der Waals surface area (Å²) in [7, 11) is -6.07. The second-order valence-electron chi connectivity index (χ2n) is 7.21. The van der Waals surface area contributed by atoms with E-state index >= 15 is 0 Å². The van der Waals surface area contributed by atoms with Crippen molar-refractivity contribution in [2.24, 2.45) is 0 Å². The van der Waals surface area contributed by atoms with E-state index in [2.05, 4.69) is 72.4 Å². The molecule has 30 heavy (non-hydrogen) atoms. The van der Waals surface area contributed by atoms with Gasteiger partial charge in [-0.3, -0.25) is 0 Å². The number of benzene rings is 4. The van der Waals surface area contributed by atoms with Gasteiger partial charge >= 0.3 is 0 Å². The number of hydrogen-bond donors (Lipinski definition) is 0. The normalized spacial score (nSPS) is 11.7. The molecule has 0 bridgehead atoms. The van der Waals surface area contributed by atoms with Crippen molar-refractivity contribution in [2.45, 2.75) is 0 Å². The molecule has 2 heteroatoms. The van der Waals surface area contributed by atoms with Crippen molar-refractivity contribution in [3.8, 4) is 23.9 Å². The fraction of sp³-hybridized carbons (Fsp3) is 0. The molecule has 4 aromatic rings. The molecule has 0 saturated heterocycles. The SMILES string of the molecule is [2H]C#C[Si](c1ccccc1)(c1ccccc1)[Si](C#C[2H])(c1ccccc1)c1ccccc1. The Morgan fingerprint density at radius 2 is 0.667 bits per heavy atom. The minimum absolute atomic E-state index is 1.12. The molecule has 4 aromatic carbocycles. The lowest BCUT2D eigenvalue weighted by Crippen LogP contribution is -2.85. The van der Waals surface area contributed by atoms with Crippen molar-refractivity contribution in [2.75, 3.05) is 0 Å². The van der Waals surface area contributed by atoms with Gasteiger partial charge in [0.2, 0.25) is 15.2 Å². The first kappa shape index (κ1) is 17.3. The van der Waals surface area contributed by atoms with Gasteiger partial charge in [0.15, 0.2) is 0 Å². The maximum Gasteiger partial charge on any atom is 0.212 e. The van der Waals surface area contributed by atoms with E-state index in [0.29, 0.717) is 0 Å². The van der Waals surface area contributed by atoms with Gasteiger partial charge in [0.25, 0.3) is 0 Å². The third kappa shape index (κ3) is 2.95. The highest BCUT2D eigenvalue weighted by atomic mass is 29.3. The van der Waals surface area contributed by atoms with Crippen molar-refractivity contribution in [3.05, 3.63) is 121 Å². The zero-order valence-corrected chi connectivity index (χ0v) is 18.5. The van der Waals surface area contributed by atoms with E-state index in [1.54, 1.807) is 0 Å². The quantitative estimate of drug-likeness (QED) is 0.347. The summed E-state index contributed by atoms with van der Waals surface area (Å²) in [5.41, 5.74) is 6.97. The smallest absolute Gasteiger partial charge is 0.127 e. The zero-order valence-electron chi connectivity index (χ0n) is 18.5. The minimum atomic E-state index is -3.03. The lowest BCUT2D eigenvalue weighted by Gasteiger charge is -2.42. The molecule has 142 valence electrons. The van der Waals surface area contributed by atoms with Crippen LogP contribution >= 0.6 is 0 Å². The second kappa shape index (κ2) is 8.43. The Hall–Kier alpha value is -3.57. The molecule has 0 radical (unpaired) electrons. The van der Waals surface area contributed by atoms with Gasteiger partial charge in [0, 0.05) is 0 Å². The number of rotatable bonds is 5. The molecule has 4 rings (SSSR count). The molecule has 0 aliphatic carbocycles. The molecule has 0 aliphatic rings. The first-order valence-corrected chi connectivity index (χ1v) is 14.9. The highest BCUT2D eigenvalue weighted by Crippen LogP contribution is 2.20. The van der Waals surface area contributed by atoms with Gasteiger partial charge in [0.1, 0.15) is 2.74 Å². The summed E-state index contributed by atoms with van der Waals surface area (Å²) < 4.78 is 16.2.